The number of hydrogen-bond donors (Lipinski definition) is 0. The molecule has 0 unspecified atom stereocenters. The summed E-state index contributed by atoms with van der Waals surface area (Å²) < 4.78 is 26.0. The summed E-state index contributed by atoms with van der Waals surface area (Å²) in [6.45, 7) is 2.14. The monoisotopic (exact) mass is 305 g/mol. The largest absolute Gasteiger partial charge is 0.328 e. The van der Waals surface area contributed by atoms with E-state index in [-0.39, 0.29) is 5.69 Å². The number of benzene rings is 1. The predicted octanol–water partition coefficient (Wildman–Crippen LogP) is 4.17. The minimum absolute atomic E-state index is 0.172. The van der Waals surface area contributed by atoms with E-state index in [0.29, 0.717) is 22.3 Å². The van der Waals surface area contributed by atoms with Crippen molar-refractivity contribution in [3.8, 4) is 0 Å². The lowest BCUT2D eigenvalue weighted by Crippen LogP contribution is -2.21. The van der Waals surface area contributed by atoms with Gasteiger partial charge in [-0.3, -0.25) is 4.99 Å². The number of anilines is 1. The highest BCUT2D eigenvalue weighted by Gasteiger charge is 2.22. The highest BCUT2D eigenvalue weighted by Crippen LogP contribution is 2.29. The van der Waals surface area contributed by atoms with Gasteiger partial charge in [-0.05, 0) is 25.1 Å². The summed E-state index contributed by atoms with van der Waals surface area (Å²) in [6.07, 6.45) is 1.05. The van der Waals surface area contributed by atoms with Crippen molar-refractivity contribution >= 4 is 22.7 Å². The zero-order valence-electron chi connectivity index (χ0n) is 11.3. The molecule has 1 aromatic heterocycles. The van der Waals surface area contributed by atoms with Crippen LogP contribution in [0.3, 0.4) is 0 Å². The van der Waals surface area contributed by atoms with Gasteiger partial charge >= 0.3 is 0 Å². The second kappa shape index (κ2) is 5.73. The van der Waals surface area contributed by atoms with E-state index in [1.54, 1.807) is 13.0 Å². The van der Waals surface area contributed by atoms with Gasteiger partial charge < -0.3 is 4.90 Å². The van der Waals surface area contributed by atoms with E-state index in [1.807, 2.05) is 41.4 Å². The highest BCUT2D eigenvalue weighted by atomic mass is 32.1. The minimum Gasteiger partial charge on any atom is -0.328 e. The van der Waals surface area contributed by atoms with E-state index in [1.165, 1.54) is 11.3 Å². The molecule has 1 aliphatic heterocycles. The van der Waals surface area contributed by atoms with Crippen LogP contribution in [0.5, 0.6) is 0 Å². The van der Waals surface area contributed by atoms with Crippen molar-refractivity contribution in [3.05, 3.63) is 58.2 Å². The van der Waals surface area contributed by atoms with Gasteiger partial charge in [-0.15, -0.1) is 11.3 Å². The van der Waals surface area contributed by atoms with E-state index >= 15 is 0 Å². The lowest BCUT2D eigenvalue weighted by Gasteiger charge is -2.21. The van der Waals surface area contributed by atoms with Crippen LogP contribution in [0.1, 0.15) is 22.0 Å². The van der Waals surface area contributed by atoms with Crippen molar-refractivity contribution in [1.29, 1.82) is 0 Å². The molecule has 21 heavy (non-hydrogen) atoms. The number of nitrogens with zero attached hydrogens (tertiary/aromatic N) is 3. The molecule has 3 rings (SSSR count). The predicted molar refractivity (Wildman–Crippen MR) is 81.3 cm³/mol. The van der Waals surface area contributed by atoms with E-state index in [0.717, 1.165) is 5.69 Å². The van der Waals surface area contributed by atoms with Gasteiger partial charge in [0.15, 0.2) is 0 Å². The molecular formula is C15H13F2N3S. The smallest absolute Gasteiger partial charge is 0.281 e. The normalized spacial score (nSPS) is 14.7. The van der Waals surface area contributed by atoms with Crippen LogP contribution in [-0.4, -0.2) is 17.4 Å². The molecule has 6 heteroatoms. The number of rotatable bonds is 3. The number of thiazole rings is 1. The molecular weight excluding hydrogens is 292 g/mol. The van der Waals surface area contributed by atoms with Crippen molar-refractivity contribution < 1.29 is 8.78 Å². The van der Waals surface area contributed by atoms with Gasteiger partial charge in [-0.25, -0.2) is 13.8 Å². The molecule has 2 heterocycles. The summed E-state index contributed by atoms with van der Waals surface area (Å²) in [5.74, 6) is 0. The van der Waals surface area contributed by atoms with Gasteiger partial charge in [0, 0.05) is 11.9 Å². The zero-order chi connectivity index (χ0) is 14.8. The molecule has 0 amide bonds. The van der Waals surface area contributed by atoms with Crippen molar-refractivity contribution in [2.45, 2.75) is 13.3 Å². The summed E-state index contributed by atoms with van der Waals surface area (Å²) in [6, 6.07) is 9.80. The second-order valence-electron chi connectivity index (χ2n) is 4.55. The number of allylic oxidation sites excluding steroid dienone is 1. The van der Waals surface area contributed by atoms with E-state index in [9.17, 15) is 8.78 Å². The van der Waals surface area contributed by atoms with Crippen molar-refractivity contribution in [2.75, 3.05) is 11.6 Å². The van der Waals surface area contributed by atoms with Gasteiger partial charge in [0.2, 0.25) is 0 Å². The van der Waals surface area contributed by atoms with Gasteiger partial charge in [-0.1, -0.05) is 18.2 Å². The van der Waals surface area contributed by atoms with E-state index in [2.05, 4.69) is 9.98 Å². The molecule has 0 saturated heterocycles. The first-order chi connectivity index (χ1) is 10.1. The Morgan fingerprint density at radius 2 is 2.00 bits per heavy atom. The Morgan fingerprint density at radius 3 is 2.62 bits per heavy atom. The summed E-state index contributed by atoms with van der Waals surface area (Å²) in [5, 5.41) is 0.627. The molecule has 0 spiro atoms. The van der Waals surface area contributed by atoms with Crippen LogP contribution < -0.4 is 4.90 Å². The summed E-state index contributed by atoms with van der Waals surface area (Å²) in [5.41, 5.74) is 1.42. The number of para-hydroxylation sites is 1. The average molecular weight is 305 g/mol. The highest BCUT2D eigenvalue weighted by molar-refractivity contribution is 7.14. The summed E-state index contributed by atoms with van der Waals surface area (Å²) in [4.78, 5) is 10.7. The Balaban J connectivity index is 1.85. The lowest BCUT2D eigenvalue weighted by molar-refractivity contribution is 0.146. The molecule has 0 N–H and O–H groups in total. The maximum absolute atomic E-state index is 13.0. The third-order valence-electron chi connectivity index (χ3n) is 3.09. The van der Waals surface area contributed by atoms with Crippen LogP contribution >= 0.6 is 11.3 Å². The SMILES string of the molecule is Cc1nc(C(F)F)c(C2=NCN(c3ccccc3)C=C2)s1. The molecule has 0 radical (unpaired) electrons. The Labute approximate surface area is 125 Å². The van der Waals surface area contributed by atoms with Gasteiger partial charge in [0.05, 0.1) is 15.6 Å². The lowest BCUT2D eigenvalue weighted by atomic mass is 10.2. The van der Waals surface area contributed by atoms with Gasteiger partial charge in [0.25, 0.3) is 6.43 Å². The third-order valence-corrected chi connectivity index (χ3v) is 4.10. The van der Waals surface area contributed by atoms with Crippen molar-refractivity contribution in [2.24, 2.45) is 4.99 Å². The number of aromatic nitrogens is 1. The topological polar surface area (TPSA) is 28.5 Å². The van der Waals surface area contributed by atoms with Crippen molar-refractivity contribution in [1.82, 2.24) is 4.98 Å². The second-order valence-corrected chi connectivity index (χ2v) is 5.76. The molecule has 0 fully saturated rings. The zero-order valence-corrected chi connectivity index (χ0v) is 12.1. The summed E-state index contributed by atoms with van der Waals surface area (Å²) >= 11 is 1.25. The number of aliphatic imine (C=N–C) groups is 1. The van der Waals surface area contributed by atoms with Crippen LogP contribution in [0.25, 0.3) is 0 Å². The number of aryl methyl sites for hydroxylation is 1. The Morgan fingerprint density at radius 1 is 1.24 bits per heavy atom. The summed E-state index contributed by atoms with van der Waals surface area (Å²) in [7, 11) is 0. The van der Waals surface area contributed by atoms with Crippen molar-refractivity contribution in [3.63, 3.8) is 0 Å². The molecule has 3 nitrogen and oxygen atoms in total. The molecule has 108 valence electrons. The molecule has 0 bridgehead atoms. The maximum Gasteiger partial charge on any atom is 0.281 e. The number of hydrogen-bond acceptors (Lipinski definition) is 4. The first-order valence-corrected chi connectivity index (χ1v) is 7.27. The third kappa shape index (κ3) is 2.85. The number of halogens is 2. The molecule has 0 saturated carbocycles. The first-order valence-electron chi connectivity index (χ1n) is 6.45. The van der Waals surface area contributed by atoms with E-state index in [4.69, 9.17) is 0 Å². The van der Waals surface area contributed by atoms with Gasteiger partial charge in [-0.2, -0.15) is 0 Å². The maximum atomic E-state index is 13.0. The molecule has 0 atom stereocenters. The average Bonchev–Trinajstić information content (AvgIpc) is 2.91. The van der Waals surface area contributed by atoms with Crippen LogP contribution in [0.4, 0.5) is 14.5 Å². The quantitative estimate of drug-likeness (QED) is 0.851. The fourth-order valence-electron chi connectivity index (χ4n) is 2.12. The fraction of sp³-hybridized carbons (Fsp3) is 0.200. The molecule has 1 aliphatic rings. The fourth-order valence-corrected chi connectivity index (χ4v) is 3.04. The van der Waals surface area contributed by atoms with Gasteiger partial charge in [0.1, 0.15) is 12.4 Å². The molecule has 2 aromatic rings. The Kier molecular flexibility index (Phi) is 3.79. The van der Waals surface area contributed by atoms with E-state index < -0.39 is 6.43 Å². The molecule has 0 aliphatic carbocycles. The standard InChI is InChI=1S/C15H13F2N3S/c1-10-19-13(15(16)17)14(21-10)12-7-8-20(9-18-12)11-5-3-2-4-6-11/h2-8,15H,9H2,1H3. The van der Waals surface area contributed by atoms with Crippen LogP contribution in [0.2, 0.25) is 0 Å². The number of alkyl halides is 2. The first kappa shape index (κ1) is 13.9. The molecule has 1 aromatic carbocycles. The Hall–Kier alpha value is -2.08. The van der Waals surface area contributed by atoms with Crippen LogP contribution in [0.15, 0.2) is 47.6 Å². The van der Waals surface area contributed by atoms with Crippen LogP contribution in [0, 0.1) is 6.92 Å². The Bertz CT molecular complexity index is 692. The van der Waals surface area contributed by atoms with Crippen LogP contribution in [-0.2, 0) is 0 Å². The minimum atomic E-state index is -2.58.